The number of aromatic nitrogens is 4. The van der Waals surface area contributed by atoms with Gasteiger partial charge in [-0.05, 0) is 32.2 Å². The maximum Gasteiger partial charge on any atom is 0.490 e. The first-order valence-electron chi connectivity index (χ1n) is 16.6. The van der Waals surface area contributed by atoms with Crippen molar-refractivity contribution in [3.8, 4) is 0 Å². The van der Waals surface area contributed by atoms with Crippen LogP contribution >= 0.6 is 46.9 Å². The van der Waals surface area contributed by atoms with Gasteiger partial charge in [-0.2, -0.15) is 26.5 Å². The number of hydrogen-bond acceptors (Lipinski definition) is 21. The summed E-state index contributed by atoms with van der Waals surface area (Å²) in [4.78, 5) is 92.1. The molecule has 334 valence electrons. The first kappa shape index (κ1) is 50.7. The van der Waals surface area contributed by atoms with Gasteiger partial charge in [-0.25, -0.2) is 32.4 Å². The number of fused-ring (bicyclic) bond motifs is 1. The number of ether oxygens (including phenoxy) is 1. The number of nitrogen functional groups attached to an aromatic ring is 1. The van der Waals surface area contributed by atoms with E-state index in [1.54, 1.807) is 0 Å². The summed E-state index contributed by atoms with van der Waals surface area (Å²) in [6.45, 7) is -0.701. The molecule has 1 amide bonds. The summed E-state index contributed by atoms with van der Waals surface area (Å²) in [5, 5.41) is 13.1. The number of phosphoric ester groups is 2. The van der Waals surface area contributed by atoms with Crippen LogP contribution in [-0.4, -0.2) is 98.4 Å². The standard InChI is InChI=1S/C22H43N7O23P6/c23-9-5-3-4-8-17(31)25-10-6-1-2-7-11-45-53(33,34)48-55(37,38)50-57(41,42)52-58(43,44)51-56(39,40)49-54(35,36)46-13-16-15(30)12-18(47-16)29-14-26-19-20(29)27-22(24)28-21(19)32/h14-16,18,30H,1-13,23H2,(H,25,31)(H,33,34)(H,35,36)(H,37,38)(H,39,40)(H,41,42)(H,43,44)(H3,24,27,28,32)/t15-,16-,18-/m1/s1. The maximum absolute atomic E-state index is 12.3. The molecule has 0 radical (unpaired) electrons. The summed E-state index contributed by atoms with van der Waals surface area (Å²) in [7, 11) is -36.8. The number of phosphoric acid groups is 6. The largest absolute Gasteiger partial charge is 0.490 e. The van der Waals surface area contributed by atoms with E-state index in [0.29, 0.717) is 45.2 Å². The Bertz CT molecular complexity index is 2070. The second kappa shape index (κ2) is 21.4. The second-order valence-electron chi connectivity index (χ2n) is 11.9. The minimum absolute atomic E-state index is 0.0567. The Hall–Kier alpha value is -1.64. The number of aromatic amines is 1. The van der Waals surface area contributed by atoms with Crippen LogP contribution in [0.2, 0.25) is 0 Å². The molecule has 36 heteroatoms. The predicted molar refractivity (Wildman–Crippen MR) is 192 cm³/mol. The van der Waals surface area contributed by atoms with Crippen LogP contribution in [0.5, 0.6) is 0 Å². The smallest absolute Gasteiger partial charge is 0.390 e. The molecule has 13 N–H and O–H groups in total. The number of nitrogens with zero attached hydrogens (tertiary/aromatic N) is 3. The highest BCUT2D eigenvalue weighted by Crippen LogP contribution is 2.75. The van der Waals surface area contributed by atoms with Gasteiger partial charge in [-0.1, -0.05) is 19.3 Å². The zero-order valence-corrected chi connectivity index (χ0v) is 35.2. The number of amides is 1. The fraction of sp³-hybridized carbons (Fsp3) is 0.727. The van der Waals surface area contributed by atoms with Gasteiger partial charge in [0, 0.05) is 19.4 Å². The lowest BCUT2D eigenvalue weighted by atomic mass is 10.2. The van der Waals surface area contributed by atoms with Gasteiger partial charge in [0.15, 0.2) is 11.2 Å². The van der Waals surface area contributed by atoms with E-state index in [2.05, 4.69) is 50.9 Å². The van der Waals surface area contributed by atoms with Crippen LogP contribution in [0.1, 0.15) is 64.0 Å². The molecule has 0 aromatic carbocycles. The number of nitrogens with one attached hydrogen (secondary N) is 2. The van der Waals surface area contributed by atoms with Gasteiger partial charge >= 0.3 is 46.9 Å². The number of unbranched alkanes of at least 4 members (excludes halogenated alkanes) is 5. The van der Waals surface area contributed by atoms with Crippen LogP contribution in [0.3, 0.4) is 0 Å². The van der Waals surface area contributed by atoms with Crippen molar-refractivity contribution in [2.45, 2.75) is 76.2 Å². The monoisotopic (exact) mass is 959 g/mol. The zero-order valence-electron chi connectivity index (χ0n) is 29.8. The number of H-pyrrole nitrogens is 1. The van der Waals surface area contributed by atoms with Crippen molar-refractivity contribution in [1.29, 1.82) is 0 Å². The molecule has 0 bridgehead atoms. The Morgan fingerprint density at radius 3 is 1.95 bits per heavy atom. The van der Waals surface area contributed by atoms with Crippen molar-refractivity contribution in [2.24, 2.45) is 5.73 Å². The summed E-state index contributed by atoms with van der Waals surface area (Å²) in [6, 6.07) is 0. The highest BCUT2D eigenvalue weighted by molar-refractivity contribution is 7.72. The van der Waals surface area contributed by atoms with Crippen molar-refractivity contribution in [1.82, 2.24) is 24.8 Å². The quantitative estimate of drug-likeness (QED) is 0.0443. The molecule has 0 spiro atoms. The Labute approximate surface area is 327 Å². The highest BCUT2D eigenvalue weighted by atomic mass is 31.3. The van der Waals surface area contributed by atoms with Gasteiger partial charge in [0.2, 0.25) is 11.9 Å². The van der Waals surface area contributed by atoms with Gasteiger partial charge in [0.05, 0.1) is 25.6 Å². The van der Waals surface area contributed by atoms with Gasteiger partial charge in [0.1, 0.15) is 12.3 Å². The molecule has 1 aliphatic rings. The lowest BCUT2D eigenvalue weighted by molar-refractivity contribution is -0.121. The van der Waals surface area contributed by atoms with E-state index in [-0.39, 0.29) is 35.9 Å². The number of hydrogen-bond donors (Lipinski definition) is 11. The molecule has 58 heavy (non-hydrogen) atoms. The molecule has 6 unspecified atom stereocenters. The third-order valence-corrected chi connectivity index (χ3v) is 16.4. The van der Waals surface area contributed by atoms with E-state index in [9.17, 15) is 71.4 Å². The molecule has 1 aliphatic heterocycles. The van der Waals surface area contributed by atoms with Crippen molar-refractivity contribution in [3.05, 3.63) is 16.7 Å². The summed E-state index contributed by atoms with van der Waals surface area (Å²) >= 11 is 0. The molecule has 2 aromatic heterocycles. The number of aliphatic hydroxyl groups excluding tert-OH is 1. The van der Waals surface area contributed by atoms with Crippen molar-refractivity contribution >= 4 is 70.0 Å². The van der Waals surface area contributed by atoms with E-state index < -0.39 is 84.1 Å². The molecule has 1 saturated heterocycles. The molecule has 0 saturated carbocycles. The molecule has 1 fully saturated rings. The fourth-order valence-electron chi connectivity index (χ4n) is 4.80. The van der Waals surface area contributed by atoms with E-state index in [0.717, 1.165) is 19.2 Å². The molecule has 2 aromatic rings. The van der Waals surface area contributed by atoms with E-state index >= 15 is 0 Å². The van der Waals surface area contributed by atoms with E-state index in [4.69, 9.17) is 16.2 Å². The van der Waals surface area contributed by atoms with Gasteiger partial charge in [0.25, 0.3) is 5.56 Å². The summed E-state index contributed by atoms with van der Waals surface area (Å²) in [5.41, 5.74) is 10.0. The lowest BCUT2D eigenvalue weighted by Gasteiger charge is -2.21. The minimum Gasteiger partial charge on any atom is -0.390 e. The number of nitrogens with two attached hydrogens (primary N) is 2. The molecule has 9 atom stereocenters. The normalized spacial score (nSPS) is 23.6. The minimum atomic E-state index is -6.47. The number of carbonyl (C=O) groups is 1. The molecular weight excluding hydrogens is 916 g/mol. The average molecular weight is 959 g/mol. The van der Waals surface area contributed by atoms with Crippen LogP contribution in [-0.2, 0) is 67.5 Å². The third kappa shape index (κ3) is 17.8. The summed E-state index contributed by atoms with van der Waals surface area (Å²) in [5.74, 6) is -0.401. The van der Waals surface area contributed by atoms with Crippen LogP contribution < -0.4 is 22.3 Å². The first-order valence-corrected chi connectivity index (χ1v) is 25.6. The number of aliphatic hydroxyl groups is 1. The Morgan fingerprint density at radius 1 is 0.828 bits per heavy atom. The van der Waals surface area contributed by atoms with E-state index in [1.165, 1.54) is 4.57 Å². The number of anilines is 1. The summed E-state index contributed by atoms with van der Waals surface area (Å²) in [6.07, 6.45) is 1.14. The Kier molecular flexibility index (Phi) is 18.7. The van der Waals surface area contributed by atoms with E-state index in [1.807, 2.05) is 0 Å². The Balaban J connectivity index is 1.42. The molecule has 0 aliphatic carbocycles. The van der Waals surface area contributed by atoms with Gasteiger partial charge in [-0.3, -0.25) is 28.2 Å². The van der Waals surface area contributed by atoms with Crippen molar-refractivity contribution in [3.63, 3.8) is 0 Å². The van der Waals surface area contributed by atoms with Gasteiger partial charge < -0.3 is 56.0 Å². The number of carbonyl (C=O) groups excluding carboxylic acids is 1. The number of rotatable bonds is 27. The molecule has 3 heterocycles. The highest BCUT2D eigenvalue weighted by Gasteiger charge is 2.50. The zero-order chi connectivity index (χ0) is 43.6. The Morgan fingerprint density at radius 2 is 1.36 bits per heavy atom. The van der Waals surface area contributed by atoms with Crippen LogP contribution in [0.25, 0.3) is 11.2 Å². The topological polar surface area (TPSA) is 463 Å². The summed E-state index contributed by atoms with van der Waals surface area (Å²) < 4.78 is 107. The van der Waals surface area contributed by atoms with Crippen LogP contribution in [0.15, 0.2) is 11.1 Å². The predicted octanol–water partition coefficient (Wildman–Crippen LogP) is 1.26. The number of imidazole rings is 1. The van der Waals surface area contributed by atoms with Gasteiger partial charge in [-0.15, -0.1) is 0 Å². The van der Waals surface area contributed by atoms with Crippen molar-refractivity contribution < 1.29 is 102 Å². The maximum atomic E-state index is 12.3. The third-order valence-electron chi connectivity index (χ3n) is 7.15. The molecular formula is C22H43N7O23P6. The second-order valence-corrected chi connectivity index (χ2v) is 21.3. The van der Waals surface area contributed by atoms with Crippen LogP contribution in [0.4, 0.5) is 5.95 Å². The molecule has 3 rings (SSSR count). The first-order chi connectivity index (χ1) is 26.7. The van der Waals surface area contributed by atoms with Crippen LogP contribution in [0, 0.1) is 0 Å². The van der Waals surface area contributed by atoms with Crippen molar-refractivity contribution in [2.75, 3.05) is 32.0 Å². The SMILES string of the molecule is NCCCCCC(=O)NCCCCCCOP(=O)(O)OP(=O)(O)OP(=O)(O)OP(=O)(O)OP(=O)(O)OP(=O)(O)OC[C@H]1O[C@@H](n2cnc3c(=O)[nH]c(N)nc32)C[C@H]1O. The lowest BCUT2D eigenvalue weighted by Crippen LogP contribution is -2.26. The average Bonchev–Trinajstić information content (AvgIpc) is 3.63. The molecule has 30 nitrogen and oxygen atoms in total. The fourth-order valence-corrected chi connectivity index (χ4v) is 12.6.